The van der Waals surface area contributed by atoms with Crippen LogP contribution in [0, 0.1) is 0 Å². The van der Waals surface area contributed by atoms with Crippen molar-refractivity contribution in [1.82, 2.24) is 25.3 Å². The molecule has 1 aliphatic rings. The van der Waals surface area contributed by atoms with Gasteiger partial charge in [-0.2, -0.15) is 10.2 Å². The fourth-order valence-corrected chi connectivity index (χ4v) is 2.67. The van der Waals surface area contributed by atoms with E-state index in [9.17, 15) is 4.79 Å². The van der Waals surface area contributed by atoms with Crippen LogP contribution < -0.4 is 4.90 Å². The number of carbonyl (C=O) groups is 1. The van der Waals surface area contributed by atoms with Gasteiger partial charge in [-0.05, 0) is 31.0 Å². The average Bonchev–Trinajstić information content (AvgIpc) is 3.09. The number of hydrogen-bond acceptors (Lipinski definition) is 5. The van der Waals surface area contributed by atoms with Gasteiger partial charge in [-0.25, -0.2) is 0 Å². The van der Waals surface area contributed by atoms with Gasteiger partial charge >= 0.3 is 0 Å². The molecule has 0 aliphatic carbocycles. The number of likely N-dealkylation sites (tertiary alicyclic amines) is 1. The van der Waals surface area contributed by atoms with Crippen LogP contribution in [0.5, 0.6) is 0 Å². The third kappa shape index (κ3) is 2.86. The number of anilines is 1. The number of aromatic nitrogens is 4. The quantitative estimate of drug-likeness (QED) is 0.908. The van der Waals surface area contributed by atoms with Crippen molar-refractivity contribution in [3.05, 3.63) is 36.3 Å². The first kappa shape index (κ1) is 13.5. The summed E-state index contributed by atoms with van der Waals surface area (Å²) in [7, 11) is 2.03. The molecule has 0 atom stereocenters. The summed E-state index contributed by atoms with van der Waals surface area (Å²) < 4.78 is 0. The lowest BCUT2D eigenvalue weighted by molar-refractivity contribution is 0.0707. The van der Waals surface area contributed by atoms with Crippen LogP contribution in [0.1, 0.15) is 23.3 Å². The first-order valence-corrected chi connectivity index (χ1v) is 7.05. The van der Waals surface area contributed by atoms with E-state index in [2.05, 4.69) is 25.3 Å². The Labute approximate surface area is 123 Å². The van der Waals surface area contributed by atoms with Gasteiger partial charge in [0.25, 0.3) is 5.91 Å². The zero-order valence-electron chi connectivity index (χ0n) is 11.9. The van der Waals surface area contributed by atoms with Crippen LogP contribution in [0.2, 0.25) is 0 Å². The highest BCUT2D eigenvalue weighted by molar-refractivity contribution is 5.92. The maximum Gasteiger partial charge on any atom is 0.271 e. The fraction of sp³-hybridized carbons (Fsp3) is 0.429. The summed E-state index contributed by atoms with van der Waals surface area (Å²) in [5, 5.41) is 14.6. The second kappa shape index (κ2) is 5.90. The number of piperidine rings is 1. The van der Waals surface area contributed by atoms with E-state index in [0.29, 0.717) is 11.7 Å². The lowest BCUT2D eigenvalue weighted by Gasteiger charge is -2.36. The van der Waals surface area contributed by atoms with Gasteiger partial charge in [0.15, 0.2) is 5.82 Å². The third-order valence-corrected chi connectivity index (χ3v) is 3.95. The van der Waals surface area contributed by atoms with E-state index in [1.165, 1.54) is 0 Å². The Balaban J connectivity index is 1.59. The topological polar surface area (TPSA) is 78.0 Å². The van der Waals surface area contributed by atoms with E-state index in [0.717, 1.165) is 31.7 Å². The van der Waals surface area contributed by atoms with Crippen LogP contribution in [0.3, 0.4) is 0 Å². The van der Waals surface area contributed by atoms with Crippen LogP contribution in [-0.2, 0) is 0 Å². The summed E-state index contributed by atoms with van der Waals surface area (Å²) in [4.78, 5) is 16.2. The molecule has 21 heavy (non-hydrogen) atoms. The van der Waals surface area contributed by atoms with Crippen LogP contribution in [0.4, 0.5) is 5.82 Å². The largest absolute Gasteiger partial charge is 0.355 e. The molecule has 1 amide bonds. The minimum atomic E-state index is 0.0214. The van der Waals surface area contributed by atoms with Gasteiger partial charge in [0.2, 0.25) is 0 Å². The van der Waals surface area contributed by atoms with Crippen LogP contribution >= 0.6 is 0 Å². The number of carbonyl (C=O) groups excluding carboxylic acids is 1. The lowest BCUT2D eigenvalue weighted by Crippen LogP contribution is -2.46. The molecule has 1 saturated heterocycles. The summed E-state index contributed by atoms with van der Waals surface area (Å²) in [6.07, 6.45) is 5.12. The molecule has 3 rings (SSSR count). The smallest absolute Gasteiger partial charge is 0.271 e. The summed E-state index contributed by atoms with van der Waals surface area (Å²) in [6.45, 7) is 1.49. The predicted octanol–water partition coefficient (Wildman–Crippen LogP) is 0.941. The van der Waals surface area contributed by atoms with E-state index >= 15 is 0 Å². The maximum absolute atomic E-state index is 12.2. The standard InChI is InChI=1S/C14H18N6O/c1-19(13-3-2-7-15-18-13)11-5-9-20(10-6-11)14(21)12-4-8-16-17-12/h2-4,7-8,11H,5-6,9-10H2,1H3,(H,16,17). The van der Waals surface area contributed by atoms with Crippen molar-refractivity contribution in [2.24, 2.45) is 0 Å². The van der Waals surface area contributed by atoms with Gasteiger partial charge in [0, 0.05) is 38.6 Å². The Hall–Kier alpha value is -2.44. The van der Waals surface area contributed by atoms with E-state index in [-0.39, 0.29) is 5.91 Å². The van der Waals surface area contributed by atoms with E-state index in [1.807, 2.05) is 24.1 Å². The number of rotatable bonds is 3. The molecule has 1 fully saturated rings. The normalized spacial score (nSPS) is 16.0. The molecule has 0 saturated carbocycles. The number of nitrogens with zero attached hydrogens (tertiary/aromatic N) is 5. The molecule has 1 N–H and O–H groups in total. The van der Waals surface area contributed by atoms with Crippen molar-refractivity contribution in [2.75, 3.05) is 25.0 Å². The Morgan fingerprint density at radius 2 is 2.14 bits per heavy atom. The second-order valence-corrected chi connectivity index (χ2v) is 5.19. The molecule has 0 aromatic carbocycles. The minimum absolute atomic E-state index is 0.0214. The van der Waals surface area contributed by atoms with Gasteiger partial charge < -0.3 is 9.80 Å². The Morgan fingerprint density at radius 1 is 1.33 bits per heavy atom. The highest BCUT2D eigenvalue weighted by Gasteiger charge is 2.26. The van der Waals surface area contributed by atoms with Crippen molar-refractivity contribution >= 4 is 11.7 Å². The molecule has 1 aliphatic heterocycles. The first-order valence-electron chi connectivity index (χ1n) is 7.05. The van der Waals surface area contributed by atoms with Crippen molar-refractivity contribution in [3.8, 4) is 0 Å². The molecular weight excluding hydrogens is 268 g/mol. The van der Waals surface area contributed by atoms with Crippen LogP contribution in [0.25, 0.3) is 0 Å². The SMILES string of the molecule is CN(c1cccnn1)C1CCN(C(=O)c2ccn[nH]2)CC1. The molecule has 2 aromatic rings. The zero-order valence-corrected chi connectivity index (χ0v) is 11.9. The third-order valence-electron chi connectivity index (χ3n) is 3.95. The molecule has 0 bridgehead atoms. The highest BCUT2D eigenvalue weighted by atomic mass is 16.2. The summed E-state index contributed by atoms with van der Waals surface area (Å²) in [5.74, 6) is 0.893. The highest BCUT2D eigenvalue weighted by Crippen LogP contribution is 2.20. The second-order valence-electron chi connectivity index (χ2n) is 5.19. The molecule has 0 unspecified atom stereocenters. The maximum atomic E-state index is 12.2. The minimum Gasteiger partial charge on any atom is -0.355 e. The molecule has 2 aromatic heterocycles. The van der Waals surface area contributed by atoms with E-state index < -0.39 is 0 Å². The Morgan fingerprint density at radius 3 is 2.76 bits per heavy atom. The lowest BCUT2D eigenvalue weighted by atomic mass is 10.0. The monoisotopic (exact) mass is 286 g/mol. The van der Waals surface area contributed by atoms with E-state index in [4.69, 9.17) is 0 Å². The van der Waals surface area contributed by atoms with Gasteiger partial charge in [0.05, 0.1) is 0 Å². The molecule has 7 heteroatoms. The number of hydrogen-bond donors (Lipinski definition) is 1. The van der Waals surface area contributed by atoms with Gasteiger partial charge in [-0.3, -0.25) is 9.89 Å². The average molecular weight is 286 g/mol. The first-order chi connectivity index (χ1) is 10.3. The summed E-state index contributed by atoms with van der Waals surface area (Å²) in [5.41, 5.74) is 0.552. The van der Waals surface area contributed by atoms with Crippen LogP contribution in [-0.4, -0.2) is 57.4 Å². The van der Waals surface area contributed by atoms with Crippen molar-refractivity contribution < 1.29 is 4.79 Å². The van der Waals surface area contributed by atoms with Gasteiger partial charge in [-0.15, -0.1) is 5.10 Å². The Kier molecular flexibility index (Phi) is 3.81. The number of H-pyrrole nitrogens is 1. The number of nitrogens with one attached hydrogen (secondary N) is 1. The molecular formula is C14H18N6O. The van der Waals surface area contributed by atoms with Crippen LogP contribution in [0.15, 0.2) is 30.6 Å². The molecule has 0 radical (unpaired) electrons. The summed E-state index contributed by atoms with van der Waals surface area (Å²) >= 11 is 0. The molecule has 3 heterocycles. The summed E-state index contributed by atoms with van der Waals surface area (Å²) in [6, 6.07) is 5.93. The Bertz CT molecular complexity index is 577. The van der Waals surface area contributed by atoms with Crippen molar-refractivity contribution in [2.45, 2.75) is 18.9 Å². The molecule has 0 spiro atoms. The van der Waals surface area contributed by atoms with Crippen molar-refractivity contribution in [3.63, 3.8) is 0 Å². The van der Waals surface area contributed by atoms with Gasteiger partial charge in [-0.1, -0.05) is 0 Å². The molecule has 110 valence electrons. The predicted molar refractivity (Wildman–Crippen MR) is 77.9 cm³/mol. The number of amides is 1. The van der Waals surface area contributed by atoms with E-state index in [1.54, 1.807) is 18.5 Å². The number of aromatic amines is 1. The zero-order chi connectivity index (χ0) is 14.7. The molecule has 7 nitrogen and oxygen atoms in total. The van der Waals surface area contributed by atoms with Crippen molar-refractivity contribution in [1.29, 1.82) is 0 Å². The van der Waals surface area contributed by atoms with Gasteiger partial charge in [0.1, 0.15) is 5.69 Å². The fourth-order valence-electron chi connectivity index (χ4n) is 2.67.